The van der Waals surface area contributed by atoms with Gasteiger partial charge in [-0.1, -0.05) is 36.4 Å². The van der Waals surface area contributed by atoms with Crippen LogP contribution in [0.25, 0.3) is 11.1 Å². The fourth-order valence-corrected chi connectivity index (χ4v) is 3.11. The van der Waals surface area contributed by atoms with Crippen molar-refractivity contribution in [1.29, 1.82) is 0 Å². The van der Waals surface area contributed by atoms with E-state index < -0.39 is 36.6 Å². The summed E-state index contributed by atoms with van der Waals surface area (Å²) < 4.78 is 39.1. The van der Waals surface area contributed by atoms with Crippen molar-refractivity contribution in [3.05, 3.63) is 53.6 Å². The van der Waals surface area contributed by atoms with Crippen LogP contribution in [-0.4, -0.2) is 29.2 Å². The lowest BCUT2D eigenvalue weighted by molar-refractivity contribution is -0.132. The first kappa shape index (κ1) is 18.9. The quantitative estimate of drug-likeness (QED) is 0.769. The predicted molar refractivity (Wildman–Crippen MR) is 92.8 cm³/mol. The van der Waals surface area contributed by atoms with Crippen LogP contribution in [0.15, 0.2) is 42.5 Å². The highest BCUT2D eigenvalue weighted by Crippen LogP contribution is 2.41. The summed E-state index contributed by atoms with van der Waals surface area (Å²) in [6.07, 6.45) is -6.90. The number of alkyl halides is 3. The molecular formula is C19H17F3N2O3. The zero-order valence-electron chi connectivity index (χ0n) is 14.3. The third-order valence-corrected chi connectivity index (χ3v) is 4.27. The first-order chi connectivity index (χ1) is 12.7. The summed E-state index contributed by atoms with van der Waals surface area (Å²) >= 11 is 0. The highest BCUT2D eigenvalue weighted by atomic mass is 19.4. The highest BCUT2D eigenvalue weighted by Gasteiger charge is 2.34. The first-order valence-corrected chi connectivity index (χ1v) is 8.24. The number of nitrogens with one attached hydrogen (secondary N) is 2. The Morgan fingerprint density at radius 2 is 1.93 bits per heavy atom. The van der Waals surface area contributed by atoms with Gasteiger partial charge in [-0.25, -0.2) is 0 Å². The Bertz CT molecular complexity index is 894. The van der Waals surface area contributed by atoms with Crippen LogP contribution in [0, 0.1) is 0 Å². The third-order valence-electron chi connectivity index (χ3n) is 4.27. The van der Waals surface area contributed by atoms with Crippen LogP contribution in [0.1, 0.15) is 24.1 Å². The minimum absolute atomic E-state index is 0.0234. The molecule has 3 N–H and O–H groups in total. The Morgan fingerprint density at radius 1 is 1.22 bits per heavy atom. The molecule has 1 aliphatic heterocycles. The van der Waals surface area contributed by atoms with Crippen LogP contribution in [0.2, 0.25) is 0 Å². The molecule has 27 heavy (non-hydrogen) atoms. The largest absolute Gasteiger partial charge is 0.393 e. The number of aliphatic hydroxyl groups is 1. The molecule has 2 aromatic carbocycles. The Morgan fingerprint density at radius 3 is 2.59 bits per heavy atom. The minimum atomic E-state index is -4.42. The number of benzene rings is 2. The van der Waals surface area contributed by atoms with E-state index in [4.69, 9.17) is 0 Å². The van der Waals surface area contributed by atoms with Gasteiger partial charge >= 0.3 is 6.18 Å². The van der Waals surface area contributed by atoms with E-state index in [1.165, 1.54) is 25.1 Å². The van der Waals surface area contributed by atoms with Crippen LogP contribution < -0.4 is 10.6 Å². The topological polar surface area (TPSA) is 78.4 Å². The van der Waals surface area contributed by atoms with Gasteiger partial charge in [0.05, 0.1) is 6.42 Å². The van der Waals surface area contributed by atoms with Crippen molar-refractivity contribution >= 4 is 17.5 Å². The van der Waals surface area contributed by atoms with Crippen LogP contribution in [0.5, 0.6) is 0 Å². The molecule has 2 atom stereocenters. The zero-order valence-corrected chi connectivity index (χ0v) is 14.3. The maximum absolute atomic E-state index is 13.0. The van der Waals surface area contributed by atoms with Gasteiger partial charge in [0.2, 0.25) is 5.91 Å². The van der Waals surface area contributed by atoms with Gasteiger partial charge in [-0.3, -0.25) is 9.59 Å². The fraction of sp³-hybridized carbons (Fsp3) is 0.263. The maximum atomic E-state index is 13.0. The average Bonchev–Trinajstić information content (AvgIpc) is 2.69. The summed E-state index contributed by atoms with van der Waals surface area (Å²) in [5, 5.41) is 14.5. The van der Waals surface area contributed by atoms with Crippen molar-refractivity contribution in [1.82, 2.24) is 5.32 Å². The van der Waals surface area contributed by atoms with E-state index in [-0.39, 0.29) is 16.8 Å². The third kappa shape index (κ3) is 3.95. The average molecular weight is 378 g/mol. The van der Waals surface area contributed by atoms with Crippen LogP contribution in [0.4, 0.5) is 18.9 Å². The molecule has 0 saturated heterocycles. The maximum Gasteiger partial charge on any atom is 0.393 e. The second-order valence-electron chi connectivity index (χ2n) is 6.33. The van der Waals surface area contributed by atoms with Crippen molar-refractivity contribution < 1.29 is 27.9 Å². The van der Waals surface area contributed by atoms with Crippen molar-refractivity contribution in [2.24, 2.45) is 0 Å². The number of amides is 2. The van der Waals surface area contributed by atoms with Gasteiger partial charge in [0.25, 0.3) is 5.91 Å². The number of carbonyl (C=O) groups excluding carboxylic acids is 2. The molecule has 2 aromatic rings. The number of hydrogen-bond acceptors (Lipinski definition) is 3. The van der Waals surface area contributed by atoms with Crippen LogP contribution in [0.3, 0.4) is 0 Å². The molecule has 0 fully saturated rings. The van der Waals surface area contributed by atoms with E-state index in [2.05, 4.69) is 10.6 Å². The number of aliphatic hydroxyl groups excluding tert-OH is 1. The number of fused-ring (bicyclic) bond motifs is 3. The van der Waals surface area contributed by atoms with E-state index in [1.54, 1.807) is 24.3 Å². The van der Waals surface area contributed by atoms with Gasteiger partial charge in [-0.2, -0.15) is 13.2 Å². The Balaban J connectivity index is 2.17. The molecule has 0 aromatic heterocycles. The van der Waals surface area contributed by atoms with E-state index in [9.17, 15) is 27.9 Å². The fourth-order valence-electron chi connectivity index (χ4n) is 3.11. The molecule has 142 valence electrons. The summed E-state index contributed by atoms with van der Waals surface area (Å²) in [7, 11) is 0. The zero-order chi connectivity index (χ0) is 19.8. The molecule has 0 saturated carbocycles. The second kappa shape index (κ2) is 7.03. The van der Waals surface area contributed by atoms with Gasteiger partial charge in [-0.15, -0.1) is 0 Å². The van der Waals surface area contributed by atoms with E-state index in [1.807, 2.05) is 0 Å². The van der Waals surface area contributed by atoms with E-state index in [0.29, 0.717) is 11.1 Å². The van der Waals surface area contributed by atoms with E-state index in [0.717, 1.165) is 0 Å². The summed E-state index contributed by atoms with van der Waals surface area (Å²) in [6, 6.07) is 9.64. The molecule has 1 heterocycles. The van der Waals surface area contributed by atoms with Gasteiger partial charge in [-0.05, 0) is 29.7 Å². The SMILES string of the molecule is C[C@H](O)C(=O)N[C@@H]1C(=O)Nc2cccc(CC(F)(F)F)c2-c2ccccc21. The Hall–Kier alpha value is -2.87. The minimum Gasteiger partial charge on any atom is -0.384 e. The first-order valence-electron chi connectivity index (χ1n) is 8.24. The second-order valence-corrected chi connectivity index (χ2v) is 6.33. The monoisotopic (exact) mass is 378 g/mol. The summed E-state index contributed by atoms with van der Waals surface area (Å²) in [5.41, 5.74) is 1.31. The molecule has 2 amide bonds. The molecule has 0 aliphatic carbocycles. The summed E-state index contributed by atoms with van der Waals surface area (Å²) in [5.74, 6) is -1.36. The summed E-state index contributed by atoms with van der Waals surface area (Å²) in [4.78, 5) is 24.6. The molecule has 3 rings (SSSR count). The predicted octanol–water partition coefficient (Wildman–Crippen LogP) is 2.95. The van der Waals surface area contributed by atoms with Crippen LogP contribution >= 0.6 is 0 Å². The Kier molecular flexibility index (Phi) is 4.93. The lowest BCUT2D eigenvalue weighted by atomic mass is 9.91. The lowest BCUT2D eigenvalue weighted by Gasteiger charge is -2.19. The standard InChI is InChI=1S/C19H17F3N2O3/c1-10(25)17(26)24-16-13-7-3-2-6-12(13)15-11(9-19(20,21)22)5-4-8-14(15)23-18(16)27/h2-8,10,16,25H,9H2,1H3,(H,23,27)(H,24,26)/t10-,16-/m0/s1. The van der Waals surface area contributed by atoms with Gasteiger partial charge in [0, 0.05) is 11.3 Å². The van der Waals surface area contributed by atoms with Gasteiger partial charge in [0.1, 0.15) is 12.1 Å². The van der Waals surface area contributed by atoms with Crippen molar-refractivity contribution in [2.75, 3.05) is 5.32 Å². The molecule has 0 bridgehead atoms. The normalized spacial score (nSPS) is 17.2. The smallest absolute Gasteiger partial charge is 0.384 e. The number of rotatable bonds is 3. The number of halogens is 3. The molecule has 8 heteroatoms. The number of carbonyl (C=O) groups is 2. The molecule has 1 aliphatic rings. The Labute approximate surface area is 153 Å². The molecular weight excluding hydrogens is 361 g/mol. The van der Waals surface area contributed by atoms with Gasteiger partial charge < -0.3 is 15.7 Å². The number of anilines is 1. The highest BCUT2D eigenvalue weighted by molar-refractivity contribution is 6.05. The van der Waals surface area contributed by atoms with Crippen molar-refractivity contribution in [2.45, 2.75) is 31.7 Å². The van der Waals surface area contributed by atoms with Crippen LogP contribution in [-0.2, 0) is 16.0 Å². The van der Waals surface area contributed by atoms with Crippen molar-refractivity contribution in [3.8, 4) is 11.1 Å². The molecule has 0 unspecified atom stereocenters. The van der Waals surface area contributed by atoms with E-state index >= 15 is 0 Å². The molecule has 0 spiro atoms. The number of hydrogen-bond donors (Lipinski definition) is 3. The summed E-state index contributed by atoms with van der Waals surface area (Å²) in [6.45, 7) is 1.26. The molecule has 5 nitrogen and oxygen atoms in total. The molecule has 0 radical (unpaired) electrons. The van der Waals surface area contributed by atoms with Gasteiger partial charge in [0.15, 0.2) is 0 Å². The van der Waals surface area contributed by atoms with Crippen molar-refractivity contribution in [3.63, 3.8) is 0 Å². The lowest BCUT2D eigenvalue weighted by Crippen LogP contribution is -2.40.